The average molecular weight is 270 g/mol. The Morgan fingerprint density at radius 1 is 1.22 bits per heavy atom. The SMILES string of the molecule is CCNS(=O)(=O)CCNC(C)Cc1ccccc1. The van der Waals surface area contributed by atoms with Crippen LogP contribution in [0.2, 0.25) is 0 Å². The van der Waals surface area contributed by atoms with Crippen molar-refractivity contribution in [3.63, 3.8) is 0 Å². The first-order chi connectivity index (χ1) is 8.53. The van der Waals surface area contributed by atoms with E-state index >= 15 is 0 Å². The molecule has 0 amide bonds. The fourth-order valence-electron chi connectivity index (χ4n) is 1.77. The molecule has 2 N–H and O–H groups in total. The molecule has 0 spiro atoms. The Hall–Kier alpha value is -0.910. The van der Waals surface area contributed by atoms with E-state index < -0.39 is 10.0 Å². The Morgan fingerprint density at radius 2 is 1.89 bits per heavy atom. The molecule has 0 saturated carbocycles. The fourth-order valence-corrected chi connectivity index (χ4v) is 2.74. The molecular formula is C13H22N2O2S. The summed E-state index contributed by atoms with van der Waals surface area (Å²) < 4.78 is 25.3. The molecule has 5 heteroatoms. The quantitative estimate of drug-likeness (QED) is 0.745. The fraction of sp³-hybridized carbons (Fsp3) is 0.538. The minimum atomic E-state index is -3.11. The van der Waals surface area contributed by atoms with Crippen LogP contribution in [0.15, 0.2) is 30.3 Å². The zero-order valence-electron chi connectivity index (χ0n) is 11.0. The van der Waals surface area contributed by atoms with Gasteiger partial charge in [0.2, 0.25) is 10.0 Å². The highest BCUT2D eigenvalue weighted by molar-refractivity contribution is 7.89. The lowest BCUT2D eigenvalue weighted by Crippen LogP contribution is -2.36. The third-order valence-corrected chi connectivity index (χ3v) is 4.08. The van der Waals surface area contributed by atoms with Crippen molar-refractivity contribution in [2.75, 3.05) is 18.8 Å². The molecule has 1 aromatic carbocycles. The van der Waals surface area contributed by atoms with Crippen LogP contribution in [0.25, 0.3) is 0 Å². The molecule has 0 radical (unpaired) electrons. The molecule has 0 heterocycles. The van der Waals surface area contributed by atoms with Crippen LogP contribution in [0.5, 0.6) is 0 Å². The molecule has 0 aliphatic rings. The van der Waals surface area contributed by atoms with Crippen molar-refractivity contribution in [3.8, 4) is 0 Å². The van der Waals surface area contributed by atoms with Crippen LogP contribution in [-0.4, -0.2) is 33.3 Å². The molecule has 0 aliphatic carbocycles. The molecule has 4 nitrogen and oxygen atoms in total. The number of hydrogen-bond donors (Lipinski definition) is 2. The normalized spacial score (nSPS) is 13.4. The molecule has 0 saturated heterocycles. The Kier molecular flexibility index (Phi) is 6.32. The molecule has 0 aliphatic heterocycles. The minimum absolute atomic E-state index is 0.125. The van der Waals surface area contributed by atoms with Crippen LogP contribution >= 0.6 is 0 Å². The molecule has 1 unspecified atom stereocenters. The second-order valence-electron chi connectivity index (χ2n) is 4.36. The topological polar surface area (TPSA) is 58.2 Å². The van der Waals surface area contributed by atoms with E-state index in [0.717, 1.165) is 6.42 Å². The van der Waals surface area contributed by atoms with Gasteiger partial charge in [0.15, 0.2) is 0 Å². The molecule has 1 aromatic rings. The van der Waals surface area contributed by atoms with Gasteiger partial charge in [-0.25, -0.2) is 13.1 Å². The summed E-state index contributed by atoms with van der Waals surface area (Å²) in [5.41, 5.74) is 1.26. The van der Waals surface area contributed by atoms with E-state index in [9.17, 15) is 8.42 Å². The first kappa shape index (κ1) is 15.1. The standard InChI is InChI=1S/C13H22N2O2S/c1-3-15-18(16,17)10-9-14-12(2)11-13-7-5-4-6-8-13/h4-8,12,14-15H,3,9-11H2,1-2H3. The van der Waals surface area contributed by atoms with Gasteiger partial charge in [-0.05, 0) is 18.9 Å². The van der Waals surface area contributed by atoms with Crippen molar-refractivity contribution in [1.29, 1.82) is 0 Å². The maximum atomic E-state index is 11.4. The predicted octanol–water partition coefficient (Wildman–Crippen LogP) is 1.15. The van der Waals surface area contributed by atoms with Gasteiger partial charge < -0.3 is 5.32 Å². The van der Waals surface area contributed by atoms with Crippen LogP contribution in [0, 0.1) is 0 Å². The van der Waals surface area contributed by atoms with Crippen molar-refractivity contribution < 1.29 is 8.42 Å². The molecule has 0 bridgehead atoms. The van der Waals surface area contributed by atoms with E-state index in [0.29, 0.717) is 13.1 Å². The highest BCUT2D eigenvalue weighted by atomic mass is 32.2. The van der Waals surface area contributed by atoms with Gasteiger partial charge in [-0.15, -0.1) is 0 Å². The van der Waals surface area contributed by atoms with E-state index in [1.54, 1.807) is 6.92 Å². The van der Waals surface area contributed by atoms with Crippen molar-refractivity contribution in [2.24, 2.45) is 0 Å². The smallest absolute Gasteiger partial charge is 0.212 e. The maximum absolute atomic E-state index is 11.4. The van der Waals surface area contributed by atoms with E-state index in [1.165, 1.54) is 5.56 Å². The van der Waals surface area contributed by atoms with Gasteiger partial charge in [0.25, 0.3) is 0 Å². The third kappa shape index (κ3) is 6.14. The maximum Gasteiger partial charge on any atom is 0.212 e. The number of sulfonamides is 1. The average Bonchev–Trinajstić information content (AvgIpc) is 2.29. The summed E-state index contributed by atoms with van der Waals surface area (Å²) in [5, 5.41) is 3.23. The highest BCUT2D eigenvalue weighted by Gasteiger charge is 2.09. The summed E-state index contributed by atoms with van der Waals surface area (Å²) in [6.45, 7) is 4.76. The second kappa shape index (κ2) is 7.51. The molecular weight excluding hydrogens is 248 g/mol. The van der Waals surface area contributed by atoms with Gasteiger partial charge in [-0.1, -0.05) is 37.3 Å². The Labute approximate surface area is 110 Å². The predicted molar refractivity (Wildman–Crippen MR) is 75.1 cm³/mol. The lowest BCUT2D eigenvalue weighted by atomic mass is 10.1. The van der Waals surface area contributed by atoms with E-state index in [4.69, 9.17) is 0 Å². The van der Waals surface area contributed by atoms with Crippen molar-refractivity contribution >= 4 is 10.0 Å². The highest BCUT2D eigenvalue weighted by Crippen LogP contribution is 2.02. The van der Waals surface area contributed by atoms with Crippen LogP contribution in [0.3, 0.4) is 0 Å². The van der Waals surface area contributed by atoms with Crippen molar-refractivity contribution in [1.82, 2.24) is 10.0 Å². The van der Waals surface area contributed by atoms with E-state index in [-0.39, 0.29) is 11.8 Å². The van der Waals surface area contributed by atoms with E-state index in [1.807, 2.05) is 18.2 Å². The summed E-state index contributed by atoms with van der Waals surface area (Å²) in [6.07, 6.45) is 0.905. The Bertz CT molecular complexity index is 432. The molecule has 18 heavy (non-hydrogen) atoms. The largest absolute Gasteiger partial charge is 0.313 e. The van der Waals surface area contributed by atoms with Gasteiger partial charge in [-0.2, -0.15) is 0 Å². The number of rotatable bonds is 8. The first-order valence-electron chi connectivity index (χ1n) is 6.28. The lowest BCUT2D eigenvalue weighted by Gasteiger charge is -2.14. The van der Waals surface area contributed by atoms with Crippen LogP contribution in [-0.2, 0) is 16.4 Å². The summed E-state index contributed by atoms with van der Waals surface area (Å²) in [7, 11) is -3.11. The molecule has 0 aromatic heterocycles. The van der Waals surface area contributed by atoms with Crippen LogP contribution in [0.1, 0.15) is 19.4 Å². The zero-order chi connectivity index (χ0) is 13.4. The first-order valence-corrected chi connectivity index (χ1v) is 7.93. The van der Waals surface area contributed by atoms with Gasteiger partial charge in [0.1, 0.15) is 0 Å². The summed E-state index contributed by atoms with van der Waals surface area (Å²) in [5.74, 6) is 0.125. The van der Waals surface area contributed by atoms with Crippen LogP contribution in [0.4, 0.5) is 0 Å². The monoisotopic (exact) mass is 270 g/mol. The summed E-state index contributed by atoms with van der Waals surface area (Å²) in [4.78, 5) is 0. The number of nitrogens with one attached hydrogen (secondary N) is 2. The summed E-state index contributed by atoms with van der Waals surface area (Å²) >= 11 is 0. The van der Waals surface area contributed by atoms with Crippen molar-refractivity contribution in [3.05, 3.63) is 35.9 Å². The van der Waals surface area contributed by atoms with Gasteiger partial charge in [0.05, 0.1) is 5.75 Å². The molecule has 0 fully saturated rings. The van der Waals surface area contributed by atoms with Crippen molar-refractivity contribution in [2.45, 2.75) is 26.3 Å². The Morgan fingerprint density at radius 3 is 2.50 bits per heavy atom. The number of benzene rings is 1. The third-order valence-electron chi connectivity index (χ3n) is 2.61. The lowest BCUT2D eigenvalue weighted by molar-refractivity contribution is 0.549. The Balaban J connectivity index is 2.28. The summed E-state index contributed by atoms with van der Waals surface area (Å²) in [6, 6.07) is 10.4. The second-order valence-corrected chi connectivity index (χ2v) is 6.29. The van der Waals surface area contributed by atoms with E-state index in [2.05, 4.69) is 29.1 Å². The van der Waals surface area contributed by atoms with Gasteiger partial charge >= 0.3 is 0 Å². The van der Waals surface area contributed by atoms with Gasteiger partial charge in [-0.3, -0.25) is 0 Å². The molecule has 102 valence electrons. The number of hydrogen-bond acceptors (Lipinski definition) is 3. The zero-order valence-corrected chi connectivity index (χ0v) is 11.8. The molecule has 1 atom stereocenters. The minimum Gasteiger partial charge on any atom is -0.313 e. The molecule has 1 rings (SSSR count). The van der Waals surface area contributed by atoms with Gasteiger partial charge in [0, 0.05) is 19.1 Å². The van der Waals surface area contributed by atoms with Crippen LogP contribution < -0.4 is 10.0 Å².